The van der Waals surface area contributed by atoms with E-state index in [1.54, 1.807) is 6.08 Å². The summed E-state index contributed by atoms with van der Waals surface area (Å²) in [4.78, 5) is 17.8. The average molecular weight is 482 g/mol. The predicted molar refractivity (Wildman–Crippen MR) is 133 cm³/mol. The number of benzene rings is 1. The number of hydrogen-bond donors (Lipinski definition) is 2. The zero-order chi connectivity index (χ0) is 24.9. The van der Waals surface area contributed by atoms with Gasteiger partial charge < -0.3 is 19.8 Å². The van der Waals surface area contributed by atoms with Crippen LogP contribution in [0.1, 0.15) is 60.5 Å². The molecule has 2 bridgehead atoms. The van der Waals surface area contributed by atoms with Gasteiger partial charge in [-0.05, 0) is 80.9 Å². The summed E-state index contributed by atoms with van der Waals surface area (Å²) in [5, 5.41) is 21.7. The van der Waals surface area contributed by atoms with Crippen LogP contribution in [0.25, 0.3) is 17.2 Å². The number of anilines is 1. The highest BCUT2D eigenvalue weighted by Gasteiger charge is 2.69. The fraction of sp³-hybridized carbons (Fsp3) is 0.444. The smallest absolute Gasteiger partial charge is 0.250 e. The highest BCUT2D eigenvalue weighted by atomic mass is 16.5. The van der Waals surface area contributed by atoms with Crippen molar-refractivity contribution in [2.45, 2.75) is 57.4 Å². The van der Waals surface area contributed by atoms with Crippen LogP contribution in [0.15, 0.2) is 18.2 Å². The SMILES string of the molecule is Cc1cc(/C=C/C#N)cc(C)c1Oc1nc(NC23CC(C#N)(C2)C3)nc2nc(C3CCOCC3)[nH]c12. The van der Waals surface area contributed by atoms with Crippen molar-refractivity contribution in [1.29, 1.82) is 10.5 Å². The van der Waals surface area contributed by atoms with Gasteiger partial charge >= 0.3 is 0 Å². The summed E-state index contributed by atoms with van der Waals surface area (Å²) in [6.07, 6.45) is 7.51. The minimum absolute atomic E-state index is 0.110. The average Bonchev–Trinajstić information content (AvgIpc) is 3.26. The largest absolute Gasteiger partial charge is 0.436 e. The molecule has 36 heavy (non-hydrogen) atoms. The quantitative estimate of drug-likeness (QED) is 0.467. The van der Waals surface area contributed by atoms with E-state index in [1.165, 1.54) is 6.08 Å². The molecule has 0 amide bonds. The number of allylic oxidation sites excluding steroid dienone is 1. The van der Waals surface area contributed by atoms with Gasteiger partial charge in [-0.25, -0.2) is 4.98 Å². The van der Waals surface area contributed by atoms with Gasteiger partial charge in [0.1, 0.15) is 17.1 Å². The van der Waals surface area contributed by atoms with E-state index in [1.807, 2.05) is 32.0 Å². The van der Waals surface area contributed by atoms with E-state index in [0.29, 0.717) is 28.7 Å². The number of H-pyrrole nitrogens is 1. The molecule has 1 aliphatic heterocycles. The number of ether oxygens (including phenoxy) is 2. The molecule has 0 radical (unpaired) electrons. The molecule has 2 N–H and O–H groups in total. The van der Waals surface area contributed by atoms with Crippen LogP contribution >= 0.6 is 0 Å². The summed E-state index contributed by atoms with van der Waals surface area (Å²) in [6.45, 7) is 5.40. The van der Waals surface area contributed by atoms with Crippen molar-refractivity contribution in [3.8, 4) is 23.8 Å². The second-order valence-electron chi connectivity index (χ2n) is 10.4. The molecule has 3 aliphatic carbocycles. The number of aromatic amines is 1. The van der Waals surface area contributed by atoms with Gasteiger partial charge in [0.15, 0.2) is 5.65 Å². The Labute approximate surface area is 209 Å². The van der Waals surface area contributed by atoms with Crippen molar-refractivity contribution in [3.05, 3.63) is 40.7 Å². The van der Waals surface area contributed by atoms with Crippen LogP contribution in [0, 0.1) is 41.9 Å². The molecule has 0 atom stereocenters. The van der Waals surface area contributed by atoms with Crippen molar-refractivity contribution >= 4 is 23.2 Å². The maximum absolute atomic E-state index is 9.39. The topological polar surface area (TPSA) is 133 Å². The van der Waals surface area contributed by atoms with Crippen LogP contribution in [0.2, 0.25) is 0 Å². The van der Waals surface area contributed by atoms with Crippen molar-refractivity contribution in [2.24, 2.45) is 5.41 Å². The Morgan fingerprint density at radius 3 is 2.50 bits per heavy atom. The minimum atomic E-state index is -0.172. The molecule has 3 aromatic rings. The summed E-state index contributed by atoms with van der Waals surface area (Å²) in [7, 11) is 0. The third-order valence-electron chi connectivity index (χ3n) is 7.62. The highest BCUT2D eigenvalue weighted by molar-refractivity contribution is 5.78. The molecular formula is C27H27N7O2. The Bertz CT molecular complexity index is 1430. The minimum Gasteiger partial charge on any atom is -0.436 e. The molecule has 9 heteroatoms. The number of nitrogens with one attached hydrogen (secondary N) is 2. The van der Waals surface area contributed by atoms with Crippen LogP contribution in [0.4, 0.5) is 5.95 Å². The number of fused-ring (bicyclic) bond motifs is 1. The lowest BCUT2D eigenvalue weighted by atomic mass is 9.40. The molecule has 7 rings (SSSR count). The summed E-state index contributed by atoms with van der Waals surface area (Å²) in [5.74, 6) is 2.76. The Morgan fingerprint density at radius 2 is 1.83 bits per heavy atom. The first-order chi connectivity index (χ1) is 17.4. The molecular weight excluding hydrogens is 454 g/mol. The van der Waals surface area contributed by atoms with Crippen molar-refractivity contribution < 1.29 is 9.47 Å². The Morgan fingerprint density at radius 1 is 1.11 bits per heavy atom. The summed E-state index contributed by atoms with van der Waals surface area (Å²) >= 11 is 0. The number of nitriles is 2. The zero-order valence-corrected chi connectivity index (χ0v) is 20.4. The third kappa shape index (κ3) is 3.77. The summed E-state index contributed by atoms with van der Waals surface area (Å²) in [5.41, 5.74) is 3.76. The van der Waals surface area contributed by atoms with E-state index in [0.717, 1.165) is 67.8 Å². The number of rotatable bonds is 6. The maximum atomic E-state index is 9.39. The molecule has 3 saturated carbocycles. The van der Waals surface area contributed by atoms with Crippen molar-refractivity contribution in [3.63, 3.8) is 0 Å². The number of aromatic nitrogens is 4. The van der Waals surface area contributed by atoms with E-state index < -0.39 is 0 Å². The second-order valence-corrected chi connectivity index (χ2v) is 10.4. The second kappa shape index (κ2) is 8.32. The predicted octanol–water partition coefficient (Wildman–Crippen LogP) is 5.05. The van der Waals surface area contributed by atoms with E-state index in [4.69, 9.17) is 29.7 Å². The Kier molecular flexibility index (Phi) is 5.20. The molecule has 9 nitrogen and oxygen atoms in total. The van der Waals surface area contributed by atoms with Gasteiger partial charge in [0.25, 0.3) is 5.88 Å². The van der Waals surface area contributed by atoms with E-state index in [2.05, 4.69) is 16.4 Å². The fourth-order valence-electron chi connectivity index (χ4n) is 5.93. The normalized spacial score (nSPS) is 25.1. The number of nitrogens with zero attached hydrogens (tertiary/aromatic N) is 5. The molecule has 1 saturated heterocycles. The lowest BCUT2D eigenvalue weighted by Crippen LogP contribution is -2.70. The first-order valence-electron chi connectivity index (χ1n) is 12.3. The maximum Gasteiger partial charge on any atom is 0.250 e. The number of imidazole rings is 1. The van der Waals surface area contributed by atoms with Crippen LogP contribution in [0.3, 0.4) is 0 Å². The fourth-order valence-corrected chi connectivity index (χ4v) is 5.93. The van der Waals surface area contributed by atoms with Gasteiger partial charge in [-0.3, -0.25) is 0 Å². The molecule has 4 fully saturated rings. The lowest BCUT2D eigenvalue weighted by molar-refractivity contribution is -0.0665. The van der Waals surface area contributed by atoms with E-state index in [-0.39, 0.29) is 16.9 Å². The van der Waals surface area contributed by atoms with E-state index in [9.17, 15) is 5.26 Å². The van der Waals surface area contributed by atoms with E-state index >= 15 is 0 Å². The van der Waals surface area contributed by atoms with Gasteiger partial charge in [0.2, 0.25) is 5.95 Å². The monoisotopic (exact) mass is 481 g/mol. The molecule has 1 aromatic carbocycles. The summed E-state index contributed by atoms with van der Waals surface area (Å²) in [6, 6.07) is 8.44. The first-order valence-corrected chi connectivity index (χ1v) is 12.3. The van der Waals surface area contributed by atoms with Gasteiger partial charge in [-0.2, -0.15) is 20.5 Å². The van der Waals surface area contributed by atoms with Crippen LogP contribution in [-0.2, 0) is 4.74 Å². The molecule has 0 spiro atoms. The first kappa shape index (κ1) is 22.5. The Balaban J connectivity index is 1.37. The van der Waals surface area contributed by atoms with Gasteiger partial charge in [0.05, 0.1) is 17.6 Å². The zero-order valence-electron chi connectivity index (χ0n) is 20.4. The van der Waals surface area contributed by atoms with Crippen molar-refractivity contribution in [1.82, 2.24) is 19.9 Å². The van der Waals surface area contributed by atoms with Gasteiger partial charge in [-0.1, -0.05) is 0 Å². The molecule has 2 aromatic heterocycles. The molecule has 182 valence electrons. The lowest BCUT2D eigenvalue weighted by Gasteiger charge is -2.66. The molecule has 3 heterocycles. The molecule has 4 aliphatic rings. The van der Waals surface area contributed by atoms with Gasteiger partial charge in [0, 0.05) is 30.7 Å². The van der Waals surface area contributed by atoms with Crippen LogP contribution in [-0.4, -0.2) is 38.7 Å². The summed E-state index contributed by atoms with van der Waals surface area (Å²) < 4.78 is 12.0. The van der Waals surface area contributed by atoms with Crippen LogP contribution < -0.4 is 10.1 Å². The third-order valence-corrected chi connectivity index (χ3v) is 7.62. The highest BCUT2D eigenvalue weighted by Crippen LogP contribution is 2.67. The van der Waals surface area contributed by atoms with Gasteiger partial charge in [-0.15, -0.1) is 0 Å². The number of hydrogen-bond acceptors (Lipinski definition) is 8. The van der Waals surface area contributed by atoms with Crippen molar-refractivity contribution in [2.75, 3.05) is 18.5 Å². The van der Waals surface area contributed by atoms with Crippen LogP contribution in [0.5, 0.6) is 11.6 Å². The number of aryl methyl sites for hydroxylation is 2. The standard InChI is InChI=1S/C27H27N7O2/c1-16-10-18(4-3-7-28)11-17(2)21(16)36-24-20-23(31-22(30-20)19-5-8-35-9-6-19)32-25(33-24)34-27-12-26(13-27,14-27)15-29/h3-4,10-11,19H,5-6,8-9,12-14H2,1-2H3,(H2,30,31,32,33,34)/b4-3+. The molecule has 0 unspecified atom stereocenters. The Hall–Kier alpha value is -3.95.